The second-order valence-electron chi connectivity index (χ2n) is 6.71. The molecule has 1 amide bonds. The van der Waals surface area contributed by atoms with Crippen LogP contribution in [0.4, 0.5) is 5.69 Å². The van der Waals surface area contributed by atoms with Crippen molar-refractivity contribution in [3.8, 4) is 6.07 Å². The molecule has 0 aliphatic rings. The Balaban J connectivity index is 2.08. The Labute approximate surface area is 190 Å². The normalized spacial score (nSPS) is 11.9. The molecule has 0 aromatic heterocycles. The second kappa shape index (κ2) is 12.0. The molecule has 0 aliphatic heterocycles. The van der Waals surface area contributed by atoms with E-state index in [4.69, 9.17) is 22.2 Å². The predicted molar refractivity (Wildman–Crippen MR) is 121 cm³/mol. The van der Waals surface area contributed by atoms with Gasteiger partial charge in [0.25, 0.3) is 0 Å². The van der Waals surface area contributed by atoms with Crippen LogP contribution in [0, 0.1) is 11.3 Å². The van der Waals surface area contributed by atoms with Gasteiger partial charge in [0.05, 0.1) is 25.2 Å². The Kier molecular flexibility index (Phi) is 9.13. The van der Waals surface area contributed by atoms with E-state index in [0.717, 1.165) is 5.56 Å². The lowest BCUT2D eigenvalue weighted by Crippen LogP contribution is -2.53. The maximum atomic E-state index is 12.8. The third-order valence-corrected chi connectivity index (χ3v) is 4.58. The van der Waals surface area contributed by atoms with Crippen LogP contribution < -0.4 is 16.0 Å². The highest BCUT2D eigenvalue weighted by molar-refractivity contribution is 7.80. The molecule has 9 nitrogen and oxygen atoms in total. The van der Waals surface area contributed by atoms with E-state index in [9.17, 15) is 19.5 Å². The van der Waals surface area contributed by atoms with E-state index in [-0.39, 0.29) is 11.5 Å². The van der Waals surface area contributed by atoms with Crippen LogP contribution in [0.5, 0.6) is 0 Å². The van der Waals surface area contributed by atoms with Gasteiger partial charge < -0.3 is 25.8 Å². The largest absolute Gasteiger partial charge is 0.481 e. The Morgan fingerprint density at radius 3 is 2.28 bits per heavy atom. The average Bonchev–Trinajstić information content (AvgIpc) is 2.78. The molecule has 2 unspecified atom stereocenters. The van der Waals surface area contributed by atoms with E-state index in [1.165, 1.54) is 7.11 Å². The number of benzene rings is 2. The molecular weight excluding hydrogens is 432 g/mol. The zero-order valence-electron chi connectivity index (χ0n) is 17.2. The van der Waals surface area contributed by atoms with Crippen molar-refractivity contribution >= 4 is 40.9 Å². The molecule has 0 fully saturated rings. The Morgan fingerprint density at radius 1 is 1.06 bits per heavy atom. The third kappa shape index (κ3) is 7.70. The Bertz CT molecular complexity index is 1010. The highest BCUT2D eigenvalue weighted by atomic mass is 32.1. The quantitative estimate of drug-likeness (QED) is 0.328. The fourth-order valence-electron chi connectivity index (χ4n) is 2.80. The van der Waals surface area contributed by atoms with Crippen molar-refractivity contribution in [1.82, 2.24) is 10.6 Å². The topological polar surface area (TPSA) is 141 Å². The number of carboxylic acids is 1. The van der Waals surface area contributed by atoms with Gasteiger partial charge in [-0.25, -0.2) is 4.79 Å². The van der Waals surface area contributed by atoms with E-state index in [1.807, 2.05) is 12.1 Å². The van der Waals surface area contributed by atoms with E-state index in [1.54, 1.807) is 48.5 Å². The highest BCUT2D eigenvalue weighted by Gasteiger charge is 2.28. The minimum atomic E-state index is -1.24. The number of carbonyl (C=O) groups is 3. The van der Waals surface area contributed by atoms with Crippen molar-refractivity contribution in [2.45, 2.75) is 24.9 Å². The fourth-order valence-corrected chi connectivity index (χ4v) is 3.06. The molecular formula is C22H22N4O5S. The van der Waals surface area contributed by atoms with Crippen molar-refractivity contribution in [3.05, 3.63) is 65.7 Å². The van der Waals surface area contributed by atoms with Crippen molar-refractivity contribution < 1.29 is 24.2 Å². The summed E-state index contributed by atoms with van der Waals surface area (Å²) in [5.41, 5.74) is 1.81. The number of amides is 1. The van der Waals surface area contributed by atoms with Gasteiger partial charge in [-0.15, -0.1) is 0 Å². The first kappa shape index (κ1) is 24.3. The number of hydrogen-bond acceptors (Lipinski definition) is 6. The molecule has 2 rings (SSSR count). The number of thiocarbonyl (C=S) groups is 1. The third-order valence-electron chi connectivity index (χ3n) is 4.36. The highest BCUT2D eigenvalue weighted by Crippen LogP contribution is 2.09. The van der Waals surface area contributed by atoms with E-state index < -0.39 is 36.4 Å². The van der Waals surface area contributed by atoms with Crippen LogP contribution in [0.15, 0.2) is 54.6 Å². The zero-order chi connectivity index (χ0) is 23.5. The summed E-state index contributed by atoms with van der Waals surface area (Å²) >= 11 is 5.19. The van der Waals surface area contributed by atoms with Gasteiger partial charge in [-0.3, -0.25) is 9.59 Å². The summed E-state index contributed by atoms with van der Waals surface area (Å²) in [6, 6.07) is 15.2. The van der Waals surface area contributed by atoms with Gasteiger partial charge in [0.15, 0.2) is 5.11 Å². The Morgan fingerprint density at radius 2 is 1.72 bits per heavy atom. The standard InChI is InChI=1S/C22H22N4O5S/c1-31-21(30)18(11-14-5-3-2-4-6-14)25-20(29)17(12-19(27)28)26-22(32)24-16-9-7-15(13-23)8-10-16/h2-10,17-18H,11-12H2,1H3,(H,25,29)(H,27,28)(H2,24,26,32). The number of carboxylic acid groups (broad SMARTS) is 1. The van der Waals surface area contributed by atoms with Gasteiger partial charge in [-0.1, -0.05) is 30.3 Å². The molecule has 4 N–H and O–H groups in total. The van der Waals surface area contributed by atoms with E-state index in [2.05, 4.69) is 16.0 Å². The molecule has 0 saturated carbocycles. The van der Waals surface area contributed by atoms with Crippen LogP contribution in [-0.4, -0.2) is 47.3 Å². The molecule has 2 atom stereocenters. The summed E-state index contributed by atoms with van der Waals surface area (Å²) in [4.78, 5) is 36.3. The molecule has 0 aliphatic carbocycles. The maximum Gasteiger partial charge on any atom is 0.328 e. The molecule has 2 aromatic rings. The number of hydrogen-bond donors (Lipinski definition) is 4. The minimum absolute atomic E-state index is 0.00813. The first-order valence-electron chi connectivity index (χ1n) is 9.54. The van der Waals surface area contributed by atoms with Crippen LogP contribution in [0.3, 0.4) is 0 Å². The number of methoxy groups -OCH3 is 1. The monoisotopic (exact) mass is 454 g/mol. The lowest BCUT2D eigenvalue weighted by molar-refractivity contribution is -0.145. The fraction of sp³-hybridized carbons (Fsp3) is 0.227. The molecule has 0 saturated heterocycles. The summed E-state index contributed by atoms with van der Waals surface area (Å²) in [5.74, 6) is -2.60. The van der Waals surface area contributed by atoms with Crippen LogP contribution in [0.1, 0.15) is 17.5 Å². The van der Waals surface area contributed by atoms with E-state index in [0.29, 0.717) is 11.3 Å². The van der Waals surface area contributed by atoms with Gasteiger partial charge in [0.2, 0.25) is 5.91 Å². The first-order chi connectivity index (χ1) is 15.3. The number of carbonyl (C=O) groups excluding carboxylic acids is 2. The Hall–Kier alpha value is -3.97. The average molecular weight is 455 g/mol. The summed E-state index contributed by atoms with van der Waals surface area (Å²) in [7, 11) is 1.20. The van der Waals surface area contributed by atoms with Crippen molar-refractivity contribution in [3.63, 3.8) is 0 Å². The predicted octanol–water partition coefficient (Wildman–Crippen LogP) is 1.59. The molecule has 32 heavy (non-hydrogen) atoms. The molecule has 10 heteroatoms. The molecule has 0 bridgehead atoms. The van der Waals surface area contributed by atoms with Gasteiger partial charge in [-0.05, 0) is 42.0 Å². The van der Waals surface area contributed by atoms with Crippen LogP contribution in [-0.2, 0) is 25.5 Å². The number of nitrogens with zero attached hydrogens (tertiary/aromatic N) is 1. The number of aliphatic carboxylic acids is 1. The molecule has 0 heterocycles. The zero-order valence-corrected chi connectivity index (χ0v) is 18.0. The lowest BCUT2D eigenvalue weighted by Gasteiger charge is -2.22. The van der Waals surface area contributed by atoms with Crippen molar-refractivity contribution in [2.75, 3.05) is 12.4 Å². The van der Waals surface area contributed by atoms with Gasteiger partial charge in [0, 0.05) is 12.1 Å². The summed E-state index contributed by atoms with van der Waals surface area (Å²) in [5, 5.41) is 26.1. The smallest absolute Gasteiger partial charge is 0.328 e. The van der Waals surface area contributed by atoms with E-state index >= 15 is 0 Å². The number of rotatable bonds is 9. The SMILES string of the molecule is COC(=O)C(Cc1ccccc1)NC(=O)C(CC(=O)O)NC(=S)Nc1ccc(C#N)cc1. The summed E-state index contributed by atoms with van der Waals surface area (Å²) in [6.07, 6.45) is -0.396. The number of nitriles is 1. The first-order valence-corrected chi connectivity index (χ1v) is 9.94. The van der Waals surface area contributed by atoms with Gasteiger partial charge >= 0.3 is 11.9 Å². The van der Waals surface area contributed by atoms with Gasteiger partial charge in [-0.2, -0.15) is 5.26 Å². The van der Waals surface area contributed by atoms with Crippen molar-refractivity contribution in [2.24, 2.45) is 0 Å². The second-order valence-corrected chi connectivity index (χ2v) is 7.12. The molecule has 2 aromatic carbocycles. The van der Waals surface area contributed by atoms with Crippen LogP contribution in [0.25, 0.3) is 0 Å². The van der Waals surface area contributed by atoms with Crippen molar-refractivity contribution in [1.29, 1.82) is 5.26 Å². The molecule has 0 radical (unpaired) electrons. The number of ether oxygens (including phenoxy) is 1. The lowest BCUT2D eigenvalue weighted by atomic mass is 10.1. The van der Waals surface area contributed by atoms with Gasteiger partial charge in [0.1, 0.15) is 12.1 Å². The minimum Gasteiger partial charge on any atom is -0.481 e. The summed E-state index contributed by atoms with van der Waals surface area (Å²) in [6.45, 7) is 0. The van der Waals surface area contributed by atoms with Crippen LogP contribution in [0.2, 0.25) is 0 Å². The number of anilines is 1. The summed E-state index contributed by atoms with van der Waals surface area (Å²) < 4.78 is 4.77. The number of esters is 1. The maximum absolute atomic E-state index is 12.8. The number of nitrogens with one attached hydrogen (secondary N) is 3. The molecule has 0 spiro atoms. The van der Waals surface area contributed by atoms with Crippen LogP contribution >= 0.6 is 12.2 Å². The molecule has 166 valence electrons.